The van der Waals surface area contributed by atoms with Crippen LogP contribution < -0.4 is 19.6 Å². The van der Waals surface area contributed by atoms with Crippen LogP contribution >= 0.6 is 23.2 Å². The fraction of sp³-hybridized carbons (Fsp3) is 0.263. The van der Waals surface area contributed by atoms with Crippen LogP contribution in [0.5, 0.6) is 17.2 Å². The van der Waals surface area contributed by atoms with Crippen molar-refractivity contribution in [3.8, 4) is 17.2 Å². The number of ether oxygens (including phenoxy) is 3. The van der Waals surface area contributed by atoms with E-state index < -0.39 is 0 Å². The van der Waals surface area contributed by atoms with E-state index in [-0.39, 0.29) is 12.3 Å². The van der Waals surface area contributed by atoms with E-state index in [0.717, 1.165) is 5.56 Å². The smallest absolute Gasteiger partial charge is 0.240 e. The second kappa shape index (κ2) is 10.6. The number of rotatable bonds is 9. The highest BCUT2D eigenvalue weighted by Crippen LogP contribution is 2.28. The zero-order valence-corrected chi connectivity index (χ0v) is 16.5. The Balaban J connectivity index is 1.73. The first-order valence-electron chi connectivity index (χ1n) is 8.15. The van der Waals surface area contributed by atoms with Gasteiger partial charge in [0, 0.05) is 11.4 Å². The number of methoxy groups -OCH3 is 2. The summed E-state index contributed by atoms with van der Waals surface area (Å²) in [6, 6.07) is 10.3. The molecule has 0 heterocycles. The van der Waals surface area contributed by atoms with Crippen molar-refractivity contribution >= 4 is 35.3 Å². The lowest BCUT2D eigenvalue weighted by Gasteiger charge is -2.08. The van der Waals surface area contributed by atoms with E-state index in [2.05, 4.69) is 10.5 Å². The summed E-state index contributed by atoms with van der Waals surface area (Å²) in [5.41, 5.74) is 3.25. The van der Waals surface area contributed by atoms with Gasteiger partial charge in [0.25, 0.3) is 0 Å². The van der Waals surface area contributed by atoms with Crippen molar-refractivity contribution in [2.75, 3.05) is 20.8 Å². The zero-order chi connectivity index (χ0) is 19.6. The molecule has 0 fully saturated rings. The van der Waals surface area contributed by atoms with Gasteiger partial charge in [-0.05, 0) is 48.4 Å². The van der Waals surface area contributed by atoms with Gasteiger partial charge < -0.3 is 14.2 Å². The van der Waals surface area contributed by atoms with Crippen LogP contribution in [0.15, 0.2) is 41.5 Å². The minimum absolute atomic E-state index is 0.211. The van der Waals surface area contributed by atoms with Gasteiger partial charge in [-0.15, -0.1) is 0 Å². The maximum Gasteiger partial charge on any atom is 0.240 e. The van der Waals surface area contributed by atoms with E-state index in [4.69, 9.17) is 37.4 Å². The van der Waals surface area contributed by atoms with Crippen molar-refractivity contribution in [1.82, 2.24) is 5.43 Å². The van der Waals surface area contributed by atoms with Gasteiger partial charge in [0.2, 0.25) is 5.91 Å². The molecule has 8 heteroatoms. The number of halogens is 2. The van der Waals surface area contributed by atoms with Gasteiger partial charge in [0.05, 0.1) is 32.1 Å². The molecule has 1 N–H and O–H groups in total. The largest absolute Gasteiger partial charge is 0.493 e. The Morgan fingerprint density at radius 1 is 1.07 bits per heavy atom. The Kier molecular flexibility index (Phi) is 8.23. The Morgan fingerprint density at radius 2 is 1.81 bits per heavy atom. The lowest BCUT2D eigenvalue weighted by molar-refractivity contribution is -0.121. The summed E-state index contributed by atoms with van der Waals surface area (Å²) < 4.78 is 15.9. The molecule has 0 aliphatic heterocycles. The molecule has 0 radical (unpaired) electrons. The molecule has 144 valence electrons. The summed E-state index contributed by atoms with van der Waals surface area (Å²) in [5, 5.41) is 4.91. The summed E-state index contributed by atoms with van der Waals surface area (Å²) in [6.45, 7) is 0.355. The first-order valence-corrected chi connectivity index (χ1v) is 8.91. The number of nitrogens with zero attached hydrogens (tertiary/aromatic N) is 1. The molecule has 0 atom stereocenters. The minimum atomic E-state index is -0.211. The van der Waals surface area contributed by atoms with Crippen LogP contribution in [0.25, 0.3) is 0 Å². The van der Waals surface area contributed by atoms with Crippen molar-refractivity contribution < 1.29 is 19.0 Å². The number of hydrogen-bond donors (Lipinski definition) is 1. The summed E-state index contributed by atoms with van der Waals surface area (Å²) in [6.07, 6.45) is 2.33. The molecule has 2 aromatic carbocycles. The third kappa shape index (κ3) is 6.66. The second-order valence-electron chi connectivity index (χ2n) is 5.43. The van der Waals surface area contributed by atoms with Crippen molar-refractivity contribution in [2.45, 2.75) is 12.8 Å². The molecule has 0 unspecified atom stereocenters. The van der Waals surface area contributed by atoms with E-state index in [1.807, 2.05) is 0 Å². The van der Waals surface area contributed by atoms with Crippen molar-refractivity contribution in [2.24, 2.45) is 5.10 Å². The minimum Gasteiger partial charge on any atom is -0.493 e. The first kappa shape index (κ1) is 20.9. The zero-order valence-electron chi connectivity index (χ0n) is 15.0. The molecule has 1 amide bonds. The number of carbonyl (C=O) groups excluding carboxylic acids is 1. The molecule has 0 aromatic heterocycles. The van der Waals surface area contributed by atoms with Crippen LogP contribution in [-0.2, 0) is 4.79 Å². The number of carbonyl (C=O) groups is 1. The van der Waals surface area contributed by atoms with Crippen LogP contribution in [0.4, 0.5) is 0 Å². The maximum absolute atomic E-state index is 11.8. The fourth-order valence-corrected chi connectivity index (χ4v) is 2.64. The summed E-state index contributed by atoms with van der Waals surface area (Å²) in [7, 11) is 3.12. The normalized spacial score (nSPS) is 10.7. The molecular formula is C19H20Cl2N2O4. The van der Waals surface area contributed by atoms with Crippen molar-refractivity contribution in [1.29, 1.82) is 0 Å². The van der Waals surface area contributed by atoms with E-state index in [1.165, 1.54) is 6.21 Å². The second-order valence-corrected chi connectivity index (χ2v) is 6.28. The highest BCUT2D eigenvalue weighted by molar-refractivity contribution is 6.35. The lowest BCUT2D eigenvalue weighted by Crippen LogP contribution is -2.18. The molecule has 6 nitrogen and oxygen atoms in total. The fourth-order valence-electron chi connectivity index (χ4n) is 2.17. The Labute approximate surface area is 168 Å². The number of benzene rings is 2. The predicted octanol–water partition coefficient (Wildman–Crippen LogP) is 4.32. The van der Waals surface area contributed by atoms with E-state index in [1.54, 1.807) is 50.6 Å². The third-order valence-corrected chi connectivity index (χ3v) is 4.04. The molecular weight excluding hydrogens is 391 g/mol. The van der Waals surface area contributed by atoms with Crippen LogP contribution in [0.2, 0.25) is 10.0 Å². The van der Waals surface area contributed by atoms with Crippen LogP contribution in [0.3, 0.4) is 0 Å². The highest BCUT2D eigenvalue weighted by Gasteiger charge is 2.05. The molecule has 0 aliphatic rings. The van der Waals surface area contributed by atoms with E-state index in [0.29, 0.717) is 40.3 Å². The Morgan fingerprint density at radius 3 is 2.52 bits per heavy atom. The van der Waals surface area contributed by atoms with Gasteiger partial charge in [-0.25, -0.2) is 5.43 Å². The predicted molar refractivity (Wildman–Crippen MR) is 106 cm³/mol. The molecule has 2 rings (SSSR count). The van der Waals surface area contributed by atoms with Gasteiger partial charge in [-0.2, -0.15) is 5.10 Å². The number of amides is 1. The molecule has 0 saturated carbocycles. The van der Waals surface area contributed by atoms with Crippen LogP contribution in [0, 0.1) is 0 Å². The van der Waals surface area contributed by atoms with Gasteiger partial charge in [-0.3, -0.25) is 4.79 Å². The van der Waals surface area contributed by atoms with Crippen LogP contribution in [-0.4, -0.2) is 32.9 Å². The van der Waals surface area contributed by atoms with Crippen molar-refractivity contribution in [3.63, 3.8) is 0 Å². The van der Waals surface area contributed by atoms with Gasteiger partial charge in [0.15, 0.2) is 11.5 Å². The topological polar surface area (TPSA) is 69.2 Å². The van der Waals surface area contributed by atoms with E-state index >= 15 is 0 Å². The summed E-state index contributed by atoms with van der Waals surface area (Å²) in [4.78, 5) is 11.8. The molecule has 0 aliphatic carbocycles. The standard InChI is InChI=1S/C19H20Cl2N2O4/c1-25-17-7-5-13(10-18(17)26-2)12-22-23-19(24)4-3-9-27-16-8-6-14(20)11-15(16)21/h5-8,10-12H,3-4,9H2,1-2H3,(H,23,24). The quantitative estimate of drug-likeness (QED) is 0.379. The van der Waals surface area contributed by atoms with Gasteiger partial charge in [0.1, 0.15) is 5.75 Å². The number of hydrogen-bond acceptors (Lipinski definition) is 5. The highest BCUT2D eigenvalue weighted by atomic mass is 35.5. The average Bonchev–Trinajstić information content (AvgIpc) is 2.66. The number of hydrazone groups is 1. The third-order valence-electron chi connectivity index (χ3n) is 3.51. The Hall–Kier alpha value is -2.44. The Bertz CT molecular complexity index is 812. The summed E-state index contributed by atoms with van der Waals surface area (Å²) in [5.74, 6) is 1.54. The maximum atomic E-state index is 11.8. The molecule has 0 bridgehead atoms. The van der Waals surface area contributed by atoms with Gasteiger partial charge in [-0.1, -0.05) is 23.2 Å². The first-order chi connectivity index (χ1) is 13.0. The average molecular weight is 411 g/mol. The van der Waals surface area contributed by atoms with Gasteiger partial charge >= 0.3 is 0 Å². The SMILES string of the molecule is COc1ccc(C=NNC(=O)CCCOc2ccc(Cl)cc2Cl)cc1OC. The van der Waals surface area contributed by atoms with E-state index in [9.17, 15) is 4.79 Å². The molecule has 27 heavy (non-hydrogen) atoms. The van der Waals surface area contributed by atoms with Crippen molar-refractivity contribution in [3.05, 3.63) is 52.0 Å². The summed E-state index contributed by atoms with van der Waals surface area (Å²) >= 11 is 11.8. The lowest BCUT2D eigenvalue weighted by atomic mass is 10.2. The monoisotopic (exact) mass is 410 g/mol. The molecule has 2 aromatic rings. The number of nitrogens with one attached hydrogen (secondary N) is 1. The van der Waals surface area contributed by atoms with Crippen LogP contribution in [0.1, 0.15) is 18.4 Å². The molecule has 0 saturated heterocycles. The molecule has 0 spiro atoms.